The van der Waals surface area contributed by atoms with E-state index in [2.05, 4.69) is 4.98 Å². The second-order valence-electron chi connectivity index (χ2n) is 2.92. The Kier molecular flexibility index (Phi) is 4.16. The smallest absolute Gasteiger partial charge is 0.235 e. The molecule has 0 aliphatic carbocycles. The molecule has 16 heavy (non-hydrogen) atoms. The van der Waals surface area contributed by atoms with Gasteiger partial charge < -0.3 is 0 Å². The second-order valence-corrected chi connectivity index (χ2v) is 3.19. The zero-order chi connectivity index (χ0) is 12.1. The maximum atomic E-state index is 12.6. The van der Waals surface area contributed by atoms with Crippen LogP contribution < -0.4 is 0 Å². The van der Waals surface area contributed by atoms with Gasteiger partial charge in [0.1, 0.15) is 17.5 Å². The van der Waals surface area contributed by atoms with Crippen LogP contribution in [0.15, 0.2) is 6.07 Å². The lowest BCUT2D eigenvalue weighted by Gasteiger charge is -2.08. The quantitative estimate of drug-likeness (QED) is 0.765. The van der Waals surface area contributed by atoms with Crippen LogP contribution >= 0.6 is 11.6 Å². The molecule has 0 spiro atoms. The lowest BCUT2D eigenvalue weighted by Crippen LogP contribution is -2.03. The Morgan fingerprint density at radius 3 is 2.50 bits per heavy atom. The van der Waals surface area contributed by atoms with E-state index < -0.39 is 12.1 Å². The van der Waals surface area contributed by atoms with Crippen molar-refractivity contribution < 1.29 is 8.78 Å². The highest BCUT2D eigenvalue weighted by Gasteiger charge is 2.18. The fraction of sp³-hybridized carbons (Fsp3) is 0.300. The van der Waals surface area contributed by atoms with E-state index in [1.807, 2.05) is 6.07 Å². The average molecular weight is 242 g/mol. The van der Waals surface area contributed by atoms with Gasteiger partial charge in [0.15, 0.2) is 0 Å². The summed E-state index contributed by atoms with van der Waals surface area (Å²) in [7, 11) is 0. The molecule has 1 heterocycles. The molecule has 0 aliphatic rings. The summed E-state index contributed by atoms with van der Waals surface area (Å²) < 4.78 is 25.1. The van der Waals surface area contributed by atoms with Crippen molar-refractivity contribution in [3.8, 4) is 12.1 Å². The van der Waals surface area contributed by atoms with Crippen LogP contribution in [0.4, 0.5) is 8.78 Å². The average Bonchev–Trinajstić information content (AvgIpc) is 2.28. The van der Waals surface area contributed by atoms with Gasteiger partial charge in [-0.15, -0.1) is 11.6 Å². The van der Waals surface area contributed by atoms with E-state index in [1.54, 1.807) is 6.07 Å². The van der Waals surface area contributed by atoms with Crippen molar-refractivity contribution in [1.29, 1.82) is 10.5 Å². The van der Waals surface area contributed by atoms with Crippen LogP contribution in [0.1, 0.15) is 28.9 Å². The second kappa shape index (κ2) is 5.39. The van der Waals surface area contributed by atoms with E-state index in [1.165, 1.54) is 6.07 Å². The molecule has 1 rings (SSSR count). The first-order valence-electron chi connectivity index (χ1n) is 4.27. The number of nitrogens with zero attached hydrogens (tertiary/aromatic N) is 3. The maximum absolute atomic E-state index is 12.6. The van der Waals surface area contributed by atoms with E-state index in [9.17, 15) is 8.78 Å². The third-order valence-electron chi connectivity index (χ3n) is 1.94. The molecule has 0 fully saturated rings. The van der Waals surface area contributed by atoms with Gasteiger partial charge in [-0.2, -0.15) is 10.5 Å². The van der Waals surface area contributed by atoms with Gasteiger partial charge in [0.2, 0.25) is 0 Å². The van der Waals surface area contributed by atoms with Gasteiger partial charge in [-0.25, -0.2) is 13.8 Å². The number of hydrogen-bond donors (Lipinski definition) is 0. The summed E-state index contributed by atoms with van der Waals surface area (Å²) in [6.07, 6.45) is -2.83. The SMILES string of the molecule is N#CCc1cc(CCl)c(C(F)F)nc1C#N. The Balaban J connectivity index is 3.36. The highest BCUT2D eigenvalue weighted by Crippen LogP contribution is 2.24. The van der Waals surface area contributed by atoms with Crippen LogP contribution in [-0.4, -0.2) is 4.98 Å². The van der Waals surface area contributed by atoms with Crippen LogP contribution in [0.2, 0.25) is 0 Å². The predicted molar refractivity (Wildman–Crippen MR) is 52.8 cm³/mol. The molecule has 3 nitrogen and oxygen atoms in total. The summed E-state index contributed by atoms with van der Waals surface area (Å²) in [4.78, 5) is 3.53. The number of hydrogen-bond acceptors (Lipinski definition) is 3. The van der Waals surface area contributed by atoms with Crippen molar-refractivity contribution in [3.05, 3.63) is 28.6 Å². The van der Waals surface area contributed by atoms with E-state index in [4.69, 9.17) is 22.1 Å². The molecule has 1 aromatic heterocycles. The van der Waals surface area contributed by atoms with Gasteiger partial charge in [0.05, 0.1) is 12.5 Å². The number of alkyl halides is 3. The molecule has 0 saturated heterocycles. The molecule has 82 valence electrons. The maximum Gasteiger partial charge on any atom is 0.280 e. The van der Waals surface area contributed by atoms with Crippen molar-refractivity contribution in [1.82, 2.24) is 4.98 Å². The van der Waals surface area contributed by atoms with Gasteiger partial charge in [0.25, 0.3) is 6.43 Å². The van der Waals surface area contributed by atoms with Crippen molar-refractivity contribution in [3.63, 3.8) is 0 Å². The minimum absolute atomic E-state index is 0.0523. The largest absolute Gasteiger partial charge is 0.280 e. The number of nitriles is 2. The zero-order valence-corrected chi connectivity index (χ0v) is 8.80. The molecule has 0 aromatic carbocycles. The zero-order valence-electron chi connectivity index (χ0n) is 8.04. The van der Waals surface area contributed by atoms with Gasteiger partial charge in [0, 0.05) is 11.4 Å². The van der Waals surface area contributed by atoms with Gasteiger partial charge >= 0.3 is 0 Å². The topological polar surface area (TPSA) is 60.5 Å². The molecule has 0 saturated carbocycles. The summed E-state index contributed by atoms with van der Waals surface area (Å²) >= 11 is 5.50. The molecule has 0 unspecified atom stereocenters. The fourth-order valence-electron chi connectivity index (χ4n) is 1.23. The number of pyridine rings is 1. The third kappa shape index (κ3) is 2.44. The summed E-state index contributed by atoms with van der Waals surface area (Å²) in [5.41, 5.74) is -0.162. The summed E-state index contributed by atoms with van der Waals surface area (Å²) in [5, 5.41) is 17.2. The van der Waals surface area contributed by atoms with E-state index >= 15 is 0 Å². The van der Waals surface area contributed by atoms with Crippen molar-refractivity contribution >= 4 is 11.6 Å². The lowest BCUT2D eigenvalue weighted by atomic mass is 10.1. The molecule has 1 aromatic rings. The lowest BCUT2D eigenvalue weighted by molar-refractivity contribution is 0.145. The van der Waals surface area contributed by atoms with Crippen LogP contribution in [0.3, 0.4) is 0 Å². The molecule has 0 N–H and O–H groups in total. The Hall–Kier alpha value is -1.72. The monoisotopic (exact) mass is 241 g/mol. The van der Waals surface area contributed by atoms with Crippen molar-refractivity contribution in [2.45, 2.75) is 18.7 Å². The number of halogens is 3. The standard InChI is InChI=1S/C10H6ClF2N3/c11-4-7-3-6(1-2-14)8(5-15)16-9(7)10(12)13/h3,10H,1,4H2. The first-order chi connectivity index (χ1) is 7.63. The molecular formula is C10H6ClF2N3. The number of rotatable bonds is 3. The normalized spacial score (nSPS) is 9.88. The van der Waals surface area contributed by atoms with Crippen LogP contribution in [0.5, 0.6) is 0 Å². The molecule has 6 heteroatoms. The van der Waals surface area contributed by atoms with E-state index in [0.717, 1.165) is 0 Å². The minimum atomic E-state index is -2.78. The molecule has 0 amide bonds. The van der Waals surface area contributed by atoms with E-state index in [0.29, 0.717) is 5.56 Å². The van der Waals surface area contributed by atoms with Gasteiger partial charge in [-0.3, -0.25) is 0 Å². The fourth-order valence-corrected chi connectivity index (χ4v) is 1.44. The van der Waals surface area contributed by atoms with Crippen molar-refractivity contribution in [2.75, 3.05) is 0 Å². The van der Waals surface area contributed by atoms with Crippen LogP contribution in [0, 0.1) is 22.7 Å². The Morgan fingerprint density at radius 1 is 1.38 bits per heavy atom. The van der Waals surface area contributed by atoms with Crippen LogP contribution in [-0.2, 0) is 12.3 Å². The summed E-state index contributed by atoms with van der Waals surface area (Å²) in [5.74, 6) is -0.128. The number of aromatic nitrogens is 1. The molecule has 0 radical (unpaired) electrons. The van der Waals surface area contributed by atoms with Gasteiger partial charge in [-0.05, 0) is 11.6 Å². The first kappa shape index (κ1) is 12.4. The molecule has 0 atom stereocenters. The molecular weight excluding hydrogens is 236 g/mol. The van der Waals surface area contributed by atoms with Crippen LogP contribution in [0.25, 0.3) is 0 Å². The molecule has 0 bridgehead atoms. The molecule has 0 aliphatic heterocycles. The van der Waals surface area contributed by atoms with Crippen molar-refractivity contribution in [2.24, 2.45) is 0 Å². The third-order valence-corrected chi connectivity index (χ3v) is 2.23. The summed E-state index contributed by atoms with van der Waals surface area (Å²) in [6, 6.07) is 4.86. The highest BCUT2D eigenvalue weighted by molar-refractivity contribution is 6.17. The minimum Gasteiger partial charge on any atom is -0.235 e. The Bertz CT molecular complexity index is 474. The highest BCUT2D eigenvalue weighted by atomic mass is 35.5. The van der Waals surface area contributed by atoms with Gasteiger partial charge in [-0.1, -0.05) is 0 Å². The Morgan fingerprint density at radius 2 is 2.06 bits per heavy atom. The first-order valence-corrected chi connectivity index (χ1v) is 4.81. The summed E-state index contributed by atoms with van der Waals surface area (Å²) in [6.45, 7) is 0. The Labute approximate surface area is 95.9 Å². The van der Waals surface area contributed by atoms with E-state index in [-0.39, 0.29) is 23.6 Å². The predicted octanol–water partition coefficient (Wildman–Crippen LogP) is 2.70.